The van der Waals surface area contributed by atoms with Crippen molar-refractivity contribution in [3.63, 3.8) is 0 Å². The lowest BCUT2D eigenvalue weighted by molar-refractivity contribution is 0.0777. The fraction of sp³-hybridized carbons (Fsp3) is 0.583. The summed E-state index contributed by atoms with van der Waals surface area (Å²) in [5.41, 5.74) is 1.41. The van der Waals surface area contributed by atoms with Crippen molar-refractivity contribution in [2.75, 3.05) is 13.1 Å². The Morgan fingerprint density at radius 3 is 2.73 bits per heavy atom. The van der Waals surface area contributed by atoms with Crippen LogP contribution in [0.5, 0.6) is 0 Å². The van der Waals surface area contributed by atoms with Crippen LogP contribution in [-0.4, -0.2) is 23.9 Å². The van der Waals surface area contributed by atoms with E-state index in [1.54, 1.807) is 11.3 Å². The molecule has 1 heterocycles. The van der Waals surface area contributed by atoms with Crippen molar-refractivity contribution in [2.45, 2.75) is 33.1 Å². The molecular weight excluding hydrogens is 206 g/mol. The minimum absolute atomic E-state index is 0.208. The second-order valence-electron chi connectivity index (χ2n) is 3.89. The van der Waals surface area contributed by atoms with Crippen LogP contribution in [0, 0.1) is 0 Å². The number of hydrogen-bond acceptors (Lipinski definition) is 2. The van der Waals surface area contributed by atoms with Gasteiger partial charge in [-0.05, 0) is 44.7 Å². The fourth-order valence-electron chi connectivity index (χ4n) is 2.10. The topological polar surface area (TPSA) is 20.3 Å². The summed E-state index contributed by atoms with van der Waals surface area (Å²) >= 11 is 1.70. The molecule has 0 saturated carbocycles. The van der Waals surface area contributed by atoms with Gasteiger partial charge in [-0.25, -0.2) is 0 Å². The van der Waals surface area contributed by atoms with Gasteiger partial charge in [-0.2, -0.15) is 0 Å². The molecule has 1 aromatic heterocycles. The van der Waals surface area contributed by atoms with Crippen molar-refractivity contribution >= 4 is 17.2 Å². The second kappa shape index (κ2) is 4.35. The molecule has 2 nitrogen and oxygen atoms in total. The number of hydrogen-bond donors (Lipinski definition) is 0. The molecule has 0 radical (unpaired) electrons. The molecule has 0 spiro atoms. The van der Waals surface area contributed by atoms with E-state index in [9.17, 15) is 4.79 Å². The van der Waals surface area contributed by atoms with Crippen LogP contribution in [0.3, 0.4) is 0 Å². The molecule has 0 atom stereocenters. The number of thiophene rings is 1. The Balaban J connectivity index is 2.19. The molecule has 1 amide bonds. The third-order valence-corrected chi connectivity index (χ3v) is 4.23. The normalized spacial score (nSPS) is 14.0. The monoisotopic (exact) mass is 223 g/mol. The molecule has 3 heteroatoms. The first kappa shape index (κ1) is 10.7. The van der Waals surface area contributed by atoms with Crippen molar-refractivity contribution in [2.24, 2.45) is 0 Å². The van der Waals surface area contributed by atoms with Gasteiger partial charge in [-0.15, -0.1) is 11.3 Å². The Bertz CT molecular complexity index is 344. The minimum Gasteiger partial charge on any atom is -0.339 e. The van der Waals surface area contributed by atoms with E-state index in [-0.39, 0.29) is 5.91 Å². The molecule has 0 N–H and O–H groups in total. The van der Waals surface area contributed by atoms with Gasteiger partial charge in [0, 0.05) is 18.0 Å². The molecule has 1 aliphatic carbocycles. The van der Waals surface area contributed by atoms with Crippen LogP contribution < -0.4 is 0 Å². The van der Waals surface area contributed by atoms with Crippen LogP contribution in [0.2, 0.25) is 0 Å². The summed E-state index contributed by atoms with van der Waals surface area (Å²) in [5, 5.41) is 0. The summed E-state index contributed by atoms with van der Waals surface area (Å²) in [6, 6.07) is 2.10. The van der Waals surface area contributed by atoms with Crippen LogP contribution in [0.4, 0.5) is 0 Å². The van der Waals surface area contributed by atoms with Gasteiger partial charge < -0.3 is 4.90 Å². The van der Waals surface area contributed by atoms with Gasteiger partial charge in [-0.3, -0.25) is 4.79 Å². The van der Waals surface area contributed by atoms with Crippen molar-refractivity contribution in [3.05, 3.63) is 21.4 Å². The number of carbonyl (C=O) groups excluding carboxylic acids is 1. The largest absolute Gasteiger partial charge is 0.339 e. The van der Waals surface area contributed by atoms with E-state index >= 15 is 0 Å². The summed E-state index contributed by atoms with van der Waals surface area (Å²) < 4.78 is 0. The van der Waals surface area contributed by atoms with E-state index in [2.05, 4.69) is 6.07 Å². The Hall–Kier alpha value is -0.830. The van der Waals surface area contributed by atoms with Crippen molar-refractivity contribution in [1.29, 1.82) is 0 Å². The van der Waals surface area contributed by atoms with Gasteiger partial charge in [0.2, 0.25) is 0 Å². The Kier molecular flexibility index (Phi) is 3.10. The van der Waals surface area contributed by atoms with Crippen LogP contribution >= 0.6 is 11.3 Å². The van der Waals surface area contributed by atoms with Crippen LogP contribution in [0.15, 0.2) is 6.07 Å². The first-order valence-electron chi connectivity index (χ1n) is 5.67. The highest BCUT2D eigenvalue weighted by Crippen LogP contribution is 2.31. The third-order valence-electron chi connectivity index (χ3n) is 3.01. The Morgan fingerprint density at radius 1 is 1.40 bits per heavy atom. The van der Waals surface area contributed by atoms with Gasteiger partial charge in [0.1, 0.15) is 0 Å². The average molecular weight is 223 g/mol. The lowest BCUT2D eigenvalue weighted by atomic mass is 10.2. The van der Waals surface area contributed by atoms with Gasteiger partial charge in [-0.1, -0.05) is 0 Å². The predicted octanol–water partition coefficient (Wildman–Crippen LogP) is 2.72. The maximum atomic E-state index is 12.0. The lowest BCUT2D eigenvalue weighted by Gasteiger charge is -2.17. The van der Waals surface area contributed by atoms with E-state index in [0.29, 0.717) is 0 Å². The first-order chi connectivity index (χ1) is 7.26. The van der Waals surface area contributed by atoms with E-state index in [0.717, 1.165) is 24.4 Å². The quantitative estimate of drug-likeness (QED) is 0.771. The van der Waals surface area contributed by atoms with Gasteiger partial charge >= 0.3 is 0 Å². The highest BCUT2D eigenvalue weighted by atomic mass is 32.1. The van der Waals surface area contributed by atoms with E-state index in [4.69, 9.17) is 0 Å². The van der Waals surface area contributed by atoms with Crippen LogP contribution in [0.25, 0.3) is 0 Å². The summed E-state index contributed by atoms with van der Waals surface area (Å²) in [4.78, 5) is 16.3. The molecule has 0 saturated heterocycles. The number of aryl methyl sites for hydroxylation is 2. The fourth-order valence-corrected chi connectivity index (χ4v) is 3.32. The summed E-state index contributed by atoms with van der Waals surface area (Å²) in [6.07, 6.45) is 3.60. The standard InChI is InChI=1S/C12H17NOS/c1-3-13(4-2)12(14)11-8-9-6-5-7-10(9)15-11/h8H,3-7H2,1-2H3. The highest BCUT2D eigenvalue weighted by Gasteiger charge is 2.20. The number of amides is 1. The van der Waals surface area contributed by atoms with Crippen molar-refractivity contribution in [3.8, 4) is 0 Å². The highest BCUT2D eigenvalue weighted by molar-refractivity contribution is 7.14. The zero-order valence-electron chi connectivity index (χ0n) is 9.38. The summed E-state index contributed by atoms with van der Waals surface area (Å²) in [5.74, 6) is 0.208. The zero-order valence-corrected chi connectivity index (χ0v) is 10.2. The number of rotatable bonds is 3. The molecule has 0 aromatic carbocycles. The molecule has 0 aliphatic heterocycles. The Morgan fingerprint density at radius 2 is 2.13 bits per heavy atom. The number of nitrogens with zero attached hydrogens (tertiary/aromatic N) is 1. The maximum Gasteiger partial charge on any atom is 0.263 e. The van der Waals surface area contributed by atoms with E-state index < -0.39 is 0 Å². The molecule has 0 unspecified atom stereocenters. The average Bonchev–Trinajstić information content (AvgIpc) is 2.78. The van der Waals surface area contributed by atoms with Gasteiger partial charge in [0.15, 0.2) is 0 Å². The molecule has 82 valence electrons. The SMILES string of the molecule is CCN(CC)C(=O)c1cc2c(s1)CCC2. The van der Waals surface area contributed by atoms with E-state index in [1.807, 2.05) is 18.7 Å². The van der Waals surface area contributed by atoms with Crippen LogP contribution in [0.1, 0.15) is 40.4 Å². The van der Waals surface area contributed by atoms with Gasteiger partial charge in [0.05, 0.1) is 4.88 Å². The summed E-state index contributed by atoms with van der Waals surface area (Å²) in [6.45, 7) is 5.67. The minimum atomic E-state index is 0.208. The first-order valence-corrected chi connectivity index (χ1v) is 6.48. The van der Waals surface area contributed by atoms with Gasteiger partial charge in [0.25, 0.3) is 5.91 Å². The predicted molar refractivity (Wildman–Crippen MR) is 63.6 cm³/mol. The zero-order chi connectivity index (χ0) is 10.8. The molecule has 1 aromatic rings. The smallest absolute Gasteiger partial charge is 0.263 e. The second-order valence-corrected chi connectivity index (χ2v) is 5.03. The number of fused-ring (bicyclic) bond motifs is 1. The van der Waals surface area contributed by atoms with Crippen LogP contribution in [-0.2, 0) is 12.8 Å². The summed E-state index contributed by atoms with van der Waals surface area (Å²) in [7, 11) is 0. The van der Waals surface area contributed by atoms with Crippen molar-refractivity contribution < 1.29 is 4.79 Å². The molecule has 0 fully saturated rings. The molecular formula is C12H17NOS. The molecule has 0 bridgehead atoms. The molecule has 1 aliphatic rings. The maximum absolute atomic E-state index is 12.0. The van der Waals surface area contributed by atoms with Crippen molar-refractivity contribution in [1.82, 2.24) is 4.90 Å². The third kappa shape index (κ3) is 1.93. The number of carbonyl (C=O) groups is 1. The molecule has 2 rings (SSSR count). The lowest BCUT2D eigenvalue weighted by Crippen LogP contribution is -2.29. The Labute approximate surface area is 94.9 Å². The van der Waals surface area contributed by atoms with E-state index in [1.165, 1.54) is 23.3 Å². The molecule has 15 heavy (non-hydrogen) atoms.